The highest BCUT2D eigenvalue weighted by Gasteiger charge is 2.48. The van der Waals surface area contributed by atoms with Crippen molar-refractivity contribution in [3.8, 4) is 22.3 Å². The molecule has 10 N–H and O–H groups in total. The van der Waals surface area contributed by atoms with Crippen LogP contribution in [0.5, 0.6) is 0 Å². The van der Waals surface area contributed by atoms with E-state index in [1.54, 1.807) is 48.5 Å². The van der Waals surface area contributed by atoms with Gasteiger partial charge in [-0.25, -0.2) is 13.6 Å². The second-order valence-electron chi connectivity index (χ2n) is 32.4. The molecule has 10 amide bonds. The second-order valence-corrected chi connectivity index (χ2v) is 32.4. The Kier molecular flexibility index (Phi) is 31.6. The fourth-order valence-electron chi connectivity index (χ4n) is 16.3. The van der Waals surface area contributed by atoms with Crippen LogP contribution in [0.25, 0.3) is 22.3 Å². The summed E-state index contributed by atoms with van der Waals surface area (Å²) >= 11 is 0. The van der Waals surface area contributed by atoms with E-state index in [0.717, 1.165) is 27.5 Å². The fraction of sp³-hybridized carbons (Fsp3) is 0.370. The number of amides is 10. The van der Waals surface area contributed by atoms with Gasteiger partial charge in [0.1, 0.15) is 30.3 Å². The molecule has 0 radical (unpaired) electrons. The molecule has 0 bridgehead atoms. The summed E-state index contributed by atoms with van der Waals surface area (Å²) in [5.41, 5.74) is 2.53. The number of aromatic nitrogens is 2. The van der Waals surface area contributed by atoms with Crippen molar-refractivity contribution in [3.63, 3.8) is 0 Å². The standard InChI is InChI=1S/C45H45F4N7O9.C27H26F4N4O4.C20H25N3O6/c1-24-21-55(22-25(2)54(24)3)35-10-8-26(18-34(35)52-41(60)30-20-51-39(59)19-31(30)45(47,48)49)28-9-7-27(17-32(28)46)37(57)23-65-16-15-64-14-13-50-33-6-4-5-29-40(33)44(63)56(43(29)62)36-11-12-38(58)53-42(36)61;1-14-12-35(13-15(2)34(14)3)23-7-5-16(18-6-4-17(26(38)39)8-21(18)28)9-22(23)33-25(37)19-11-32-24(36)10-20(19)27(29,30)31;21-8-10-29-12-11-28-9-2-4-13-3-1-5-14-17(13)20(27)23(19(14)26)15-6-7-16(24)22-18(15)25/h4-10,17-20,24-25,36,50H,11-16,21-23H2,1-3H3,(H,51,59)(H,52,60)(H,53,58,61);4-11,14-15H,12-13H2,1-3H3,(H,32,36)(H,33,37)(H,38,39);1,3,5,15H,2,4,6-12,21H2,(H,22,24,25)/t24-,25+,36?;14-,15+;. The van der Waals surface area contributed by atoms with Gasteiger partial charge in [-0.15, -0.1) is 0 Å². The Balaban J connectivity index is 0.000000198. The summed E-state index contributed by atoms with van der Waals surface area (Å²) in [6, 6.07) is 25.4. The van der Waals surface area contributed by atoms with Gasteiger partial charge in [-0.1, -0.05) is 48.5 Å². The molecule has 4 fully saturated rings. The van der Waals surface area contributed by atoms with Gasteiger partial charge in [-0.2, -0.15) is 26.3 Å². The third-order valence-electron chi connectivity index (χ3n) is 23.5. The number of piperidine rings is 2. The van der Waals surface area contributed by atoms with Crippen LogP contribution in [0.2, 0.25) is 0 Å². The number of hydrogen-bond donors (Lipinski definition) is 9. The topological polar surface area (TPSA) is 433 Å². The number of benzene rings is 6. The van der Waals surface area contributed by atoms with Gasteiger partial charge in [0.2, 0.25) is 34.7 Å². The number of nitrogens with one attached hydrogen (secondary N) is 7. The van der Waals surface area contributed by atoms with E-state index in [1.807, 2.05) is 57.7 Å². The number of anilines is 5. The highest BCUT2D eigenvalue weighted by Crippen LogP contribution is 2.41. The number of alkyl halides is 6. The molecule has 704 valence electrons. The zero-order valence-corrected chi connectivity index (χ0v) is 72.9. The van der Waals surface area contributed by atoms with Gasteiger partial charge in [0.05, 0.1) is 112 Å². The first-order valence-corrected chi connectivity index (χ1v) is 42.5. The van der Waals surface area contributed by atoms with Crippen LogP contribution in [0, 0.1) is 11.6 Å². The minimum absolute atomic E-state index is 0.00213. The predicted molar refractivity (Wildman–Crippen MR) is 468 cm³/mol. The molecule has 2 unspecified atom stereocenters. The van der Waals surface area contributed by atoms with E-state index < -0.39 is 147 Å². The SMILES string of the molecule is C[C@@H]1CN(c2ccc(-c3ccc(C(=O)COCCOCCNc4cccc5c4C(=O)N(C4CCC(=O)NC4=O)C5=O)cc3F)cc2NC(=O)c2c[nH]c(=O)cc2C(F)(F)F)C[C@H](C)N1C.C[C@@H]1CN(c2ccc(-c3ccc(C(=O)O)cc3F)cc2NC(=O)c2c[nH]c(=O)cc2C(F)(F)F)C[C@H](C)N1C.NCCOCCOCCCc1cccc2c1C(=O)N(C1CCC(=O)NC1=O)C2=O. The van der Waals surface area contributed by atoms with Gasteiger partial charge in [-0.3, -0.25) is 92.6 Å². The summed E-state index contributed by atoms with van der Waals surface area (Å²) in [6.07, 6.45) is -7.03. The van der Waals surface area contributed by atoms with Crippen molar-refractivity contribution in [2.45, 2.75) is 115 Å². The first-order chi connectivity index (χ1) is 63.2. The van der Waals surface area contributed by atoms with Crippen molar-refractivity contribution in [2.24, 2.45) is 5.73 Å². The van der Waals surface area contributed by atoms with Crippen LogP contribution < -0.4 is 53.2 Å². The minimum atomic E-state index is -5.00. The number of aryl methyl sites for hydroxylation is 1. The van der Waals surface area contributed by atoms with Crippen LogP contribution in [-0.4, -0.2) is 248 Å². The van der Waals surface area contributed by atoms with E-state index in [-0.39, 0.29) is 132 Å². The summed E-state index contributed by atoms with van der Waals surface area (Å²) in [4.78, 5) is 188. The first-order valence-electron chi connectivity index (χ1n) is 42.5. The molecule has 0 saturated carbocycles. The average Bonchev–Trinajstić information content (AvgIpc) is 1.61. The number of Topliss-reactive ketones (excluding diaryl/α,β-unsaturated/α-hetero) is 1. The molecule has 8 heterocycles. The number of pyridine rings is 2. The number of hydrogen-bond acceptors (Lipinski definition) is 24. The van der Waals surface area contributed by atoms with Crippen molar-refractivity contribution < 1.29 is 117 Å². The predicted octanol–water partition coefficient (Wildman–Crippen LogP) is 9.40. The van der Waals surface area contributed by atoms with E-state index >= 15 is 4.39 Å². The number of nitrogens with zero attached hydrogens (tertiary/aromatic N) is 6. The summed E-state index contributed by atoms with van der Waals surface area (Å²) in [5.74, 6) is -10.1. The second kappa shape index (κ2) is 42.8. The highest BCUT2D eigenvalue weighted by atomic mass is 19.4. The van der Waals surface area contributed by atoms with E-state index in [9.17, 15) is 97.9 Å². The van der Waals surface area contributed by atoms with Crippen molar-refractivity contribution in [1.29, 1.82) is 0 Å². The van der Waals surface area contributed by atoms with Crippen LogP contribution in [0.3, 0.4) is 0 Å². The molecule has 2 aromatic heterocycles. The number of carboxylic acid groups (broad SMARTS) is 1. The molecule has 6 aromatic carbocycles. The van der Waals surface area contributed by atoms with E-state index in [0.29, 0.717) is 125 Å². The van der Waals surface area contributed by atoms with Crippen LogP contribution >= 0.6 is 0 Å². The monoisotopic (exact) mass is 1850 g/mol. The van der Waals surface area contributed by atoms with Crippen LogP contribution in [-0.2, 0) is 56.9 Å². The Morgan fingerprint density at radius 1 is 0.489 bits per heavy atom. The number of carbonyl (C=O) groups is 12. The number of nitrogens with two attached hydrogens (primary N) is 1. The number of ketones is 1. The molecule has 33 nitrogen and oxygen atoms in total. The number of imide groups is 4. The lowest BCUT2D eigenvalue weighted by Gasteiger charge is -2.44. The van der Waals surface area contributed by atoms with Crippen LogP contribution in [0.1, 0.15) is 159 Å². The number of H-pyrrole nitrogens is 2. The molecule has 6 atom stereocenters. The Labute approximate surface area is 755 Å². The van der Waals surface area contributed by atoms with E-state index in [2.05, 4.69) is 46.4 Å². The maximum Gasteiger partial charge on any atom is 0.417 e. The lowest BCUT2D eigenvalue weighted by molar-refractivity contribution is -0.138. The summed E-state index contributed by atoms with van der Waals surface area (Å²) < 4.78 is 135. The Hall–Kier alpha value is -13.6. The lowest BCUT2D eigenvalue weighted by Crippen LogP contribution is -2.55. The minimum Gasteiger partial charge on any atom is -0.478 e. The fourth-order valence-corrected chi connectivity index (χ4v) is 16.3. The van der Waals surface area contributed by atoms with Crippen molar-refractivity contribution in [2.75, 3.05) is 132 Å². The Morgan fingerprint density at radius 2 is 0.925 bits per heavy atom. The summed E-state index contributed by atoms with van der Waals surface area (Å²) in [5, 5.41) is 21.6. The highest BCUT2D eigenvalue weighted by molar-refractivity contribution is 6.26. The number of aromatic amines is 2. The Morgan fingerprint density at radius 3 is 1.38 bits per heavy atom. The quantitative estimate of drug-likeness (QED) is 0.00875. The van der Waals surface area contributed by atoms with Gasteiger partial charge in [0.25, 0.3) is 35.4 Å². The van der Waals surface area contributed by atoms with Crippen LogP contribution in [0.4, 0.5) is 63.6 Å². The molecule has 14 rings (SSSR count). The molecule has 6 aliphatic heterocycles. The maximum absolute atomic E-state index is 15.8. The Bertz CT molecular complexity index is 5950. The molecule has 4 saturated heterocycles. The molecule has 6 aliphatic rings. The zero-order chi connectivity index (χ0) is 96.2. The number of likely N-dealkylation sites (N-methyl/N-ethyl adjacent to an activating group) is 2. The van der Waals surface area contributed by atoms with Gasteiger partial charge < -0.3 is 65.5 Å². The van der Waals surface area contributed by atoms with Crippen molar-refractivity contribution in [1.82, 2.24) is 40.2 Å². The normalized spacial score (nSPS) is 18.8. The maximum atomic E-state index is 15.8. The van der Waals surface area contributed by atoms with Gasteiger partial charge in [-0.05, 0) is 145 Å². The molecule has 0 spiro atoms. The van der Waals surface area contributed by atoms with Gasteiger partial charge in [0, 0.05) is 130 Å². The third-order valence-corrected chi connectivity index (χ3v) is 23.5. The average molecular weight is 1850 g/mol. The number of carbonyl (C=O) groups excluding carboxylic acids is 11. The smallest absolute Gasteiger partial charge is 0.417 e. The molecule has 0 aliphatic carbocycles. The number of halogens is 8. The third kappa shape index (κ3) is 23.1. The molecule has 8 aromatic rings. The largest absolute Gasteiger partial charge is 0.478 e. The zero-order valence-electron chi connectivity index (χ0n) is 72.9. The van der Waals surface area contributed by atoms with Crippen molar-refractivity contribution in [3.05, 3.63) is 227 Å². The number of carboxylic acids is 1. The molecule has 133 heavy (non-hydrogen) atoms. The summed E-state index contributed by atoms with van der Waals surface area (Å²) in [7, 11) is 3.96. The van der Waals surface area contributed by atoms with Crippen molar-refractivity contribution >= 4 is 99.3 Å². The summed E-state index contributed by atoms with van der Waals surface area (Å²) in [6.45, 7) is 12.7. The first kappa shape index (κ1) is 98.5. The number of fused-ring (bicyclic) bond motifs is 2. The number of rotatable bonds is 30. The molecular formula is C92H96F8N14O19. The van der Waals surface area contributed by atoms with Gasteiger partial charge >= 0.3 is 18.3 Å². The molecular weight excluding hydrogens is 1760 g/mol. The van der Waals surface area contributed by atoms with Crippen LogP contribution in [0.15, 0.2) is 143 Å². The van der Waals surface area contributed by atoms with E-state index in [4.69, 9.17) is 29.8 Å². The van der Waals surface area contributed by atoms with E-state index in [1.165, 1.54) is 42.5 Å². The van der Waals surface area contributed by atoms with Gasteiger partial charge in [0.15, 0.2) is 5.78 Å². The number of piperazine rings is 2. The number of aromatic carboxylic acids is 1. The number of ether oxygens (including phenoxy) is 4. The lowest BCUT2D eigenvalue weighted by atomic mass is 9.99. The molecule has 41 heteroatoms.